The Bertz CT molecular complexity index is 1070. The van der Waals surface area contributed by atoms with E-state index in [0.717, 1.165) is 11.1 Å². The summed E-state index contributed by atoms with van der Waals surface area (Å²) in [7, 11) is 0. The van der Waals surface area contributed by atoms with Gasteiger partial charge in [-0.25, -0.2) is 0 Å². The molecule has 31 heavy (non-hydrogen) atoms. The van der Waals surface area contributed by atoms with E-state index < -0.39 is 5.97 Å². The van der Waals surface area contributed by atoms with Crippen LogP contribution in [0.1, 0.15) is 49.2 Å². The van der Waals surface area contributed by atoms with Crippen molar-refractivity contribution in [1.29, 1.82) is 0 Å². The molecule has 3 rings (SSSR count). The van der Waals surface area contributed by atoms with Gasteiger partial charge in [0.25, 0.3) is 5.91 Å². The fraction of sp³-hybridized carbons (Fsp3) is 0.240. The van der Waals surface area contributed by atoms with Crippen molar-refractivity contribution in [1.82, 2.24) is 4.98 Å². The summed E-state index contributed by atoms with van der Waals surface area (Å²) in [6, 6.07) is 16.1. The first-order valence-electron chi connectivity index (χ1n) is 9.98. The molecule has 0 aliphatic rings. The fourth-order valence-electron chi connectivity index (χ4n) is 3.02. The lowest BCUT2D eigenvalue weighted by atomic mass is 9.85. The van der Waals surface area contributed by atoms with Gasteiger partial charge in [0, 0.05) is 47.8 Å². The van der Waals surface area contributed by atoms with Gasteiger partial charge in [-0.3, -0.25) is 14.6 Å². The van der Waals surface area contributed by atoms with Gasteiger partial charge in [0.05, 0.1) is 0 Å². The maximum Gasteiger partial charge on any atom is 0.308 e. The van der Waals surface area contributed by atoms with Gasteiger partial charge < -0.3 is 14.8 Å². The summed E-state index contributed by atoms with van der Waals surface area (Å²) in [6.45, 7) is 7.74. The number of carbonyl (C=O) groups excluding carboxylic acids is 2. The molecule has 0 unspecified atom stereocenters. The smallest absolute Gasteiger partial charge is 0.308 e. The lowest BCUT2D eigenvalue weighted by Crippen LogP contribution is -2.18. The molecule has 0 atom stereocenters. The predicted molar refractivity (Wildman–Crippen MR) is 119 cm³/mol. The molecule has 160 valence electrons. The van der Waals surface area contributed by atoms with Crippen LogP contribution in [0.25, 0.3) is 0 Å². The van der Waals surface area contributed by atoms with Gasteiger partial charge in [-0.15, -0.1) is 0 Å². The Hall–Kier alpha value is -3.67. The monoisotopic (exact) mass is 418 g/mol. The molecule has 0 aliphatic carbocycles. The molecule has 0 saturated carbocycles. The van der Waals surface area contributed by atoms with Crippen molar-refractivity contribution in [3.05, 3.63) is 83.7 Å². The summed E-state index contributed by atoms with van der Waals surface area (Å²) < 4.78 is 11.1. The Morgan fingerprint density at radius 3 is 2.52 bits per heavy atom. The molecule has 0 aliphatic heterocycles. The first-order valence-corrected chi connectivity index (χ1v) is 9.98. The quantitative estimate of drug-likeness (QED) is 0.443. The second-order valence-electron chi connectivity index (χ2n) is 8.19. The number of rotatable bonds is 6. The summed E-state index contributed by atoms with van der Waals surface area (Å²) >= 11 is 0. The second-order valence-corrected chi connectivity index (χ2v) is 8.19. The van der Waals surface area contributed by atoms with E-state index in [0.29, 0.717) is 29.4 Å². The molecule has 0 spiro atoms. The van der Waals surface area contributed by atoms with Gasteiger partial charge in [0.2, 0.25) is 0 Å². The van der Waals surface area contributed by atoms with Crippen LogP contribution in [0.3, 0.4) is 0 Å². The van der Waals surface area contributed by atoms with Crippen molar-refractivity contribution in [2.24, 2.45) is 0 Å². The van der Waals surface area contributed by atoms with Gasteiger partial charge >= 0.3 is 5.97 Å². The van der Waals surface area contributed by atoms with Crippen LogP contribution >= 0.6 is 0 Å². The van der Waals surface area contributed by atoms with Crippen molar-refractivity contribution >= 4 is 17.6 Å². The Labute approximate surface area is 182 Å². The summed E-state index contributed by atoms with van der Waals surface area (Å²) in [5.74, 6) is 0.444. The molecule has 1 aromatic heterocycles. The summed E-state index contributed by atoms with van der Waals surface area (Å²) in [5.41, 5.74) is 2.53. The van der Waals surface area contributed by atoms with Gasteiger partial charge in [-0.2, -0.15) is 0 Å². The Balaban J connectivity index is 1.74. The first kappa shape index (κ1) is 22.0. The molecule has 0 fully saturated rings. The summed E-state index contributed by atoms with van der Waals surface area (Å²) in [5, 5.41) is 2.90. The van der Waals surface area contributed by atoms with E-state index in [4.69, 9.17) is 9.47 Å². The van der Waals surface area contributed by atoms with Crippen molar-refractivity contribution < 1.29 is 19.1 Å². The fourth-order valence-corrected chi connectivity index (χ4v) is 3.02. The average Bonchev–Trinajstić information content (AvgIpc) is 2.72. The number of anilines is 1. The number of nitrogens with one attached hydrogen (secondary N) is 1. The Kier molecular flexibility index (Phi) is 6.70. The number of pyridine rings is 1. The number of ether oxygens (including phenoxy) is 2. The van der Waals surface area contributed by atoms with Crippen LogP contribution in [0, 0.1) is 0 Å². The highest BCUT2D eigenvalue weighted by Crippen LogP contribution is 2.32. The van der Waals surface area contributed by atoms with E-state index in [-0.39, 0.29) is 11.3 Å². The summed E-state index contributed by atoms with van der Waals surface area (Å²) in [4.78, 5) is 28.3. The topological polar surface area (TPSA) is 77.5 Å². The summed E-state index contributed by atoms with van der Waals surface area (Å²) in [6.07, 6.45) is 3.46. The maximum absolute atomic E-state index is 12.8. The third-order valence-corrected chi connectivity index (χ3v) is 4.52. The van der Waals surface area contributed by atoms with Crippen LogP contribution in [0.2, 0.25) is 0 Å². The number of nitrogens with zero attached hydrogens (tertiary/aromatic N) is 1. The molecule has 0 radical (unpaired) electrons. The van der Waals surface area contributed by atoms with Crippen LogP contribution < -0.4 is 14.8 Å². The average molecular weight is 418 g/mol. The number of carbonyl (C=O) groups is 2. The van der Waals surface area contributed by atoms with E-state index in [1.54, 1.807) is 42.7 Å². The van der Waals surface area contributed by atoms with Crippen LogP contribution in [0.15, 0.2) is 67.0 Å². The zero-order valence-corrected chi connectivity index (χ0v) is 18.1. The zero-order chi connectivity index (χ0) is 22.4. The molecule has 0 bridgehead atoms. The molecule has 1 amide bonds. The van der Waals surface area contributed by atoms with E-state index in [1.807, 2.05) is 45.0 Å². The molecular formula is C25H26N2O4. The predicted octanol–water partition coefficient (Wildman–Crippen LogP) is 5.14. The molecule has 0 saturated heterocycles. The highest BCUT2D eigenvalue weighted by atomic mass is 16.5. The zero-order valence-electron chi connectivity index (χ0n) is 18.1. The van der Waals surface area contributed by atoms with Crippen molar-refractivity contribution in [3.8, 4) is 11.5 Å². The third kappa shape index (κ3) is 6.15. The highest BCUT2D eigenvalue weighted by molar-refractivity contribution is 6.04. The first-order chi connectivity index (χ1) is 14.7. The standard InChI is InChI=1S/C25H26N2O4/c1-17(28)31-23-11-10-19(13-22(23)25(2,3)4)24(29)27-20-8-5-9-21(14-20)30-16-18-7-6-12-26-15-18/h5-15H,16H2,1-4H3,(H,27,29). The van der Waals surface area contributed by atoms with Crippen LogP contribution in [0.4, 0.5) is 5.69 Å². The van der Waals surface area contributed by atoms with Gasteiger partial charge in [0.15, 0.2) is 0 Å². The maximum atomic E-state index is 12.8. The highest BCUT2D eigenvalue weighted by Gasteiger charge is 2.22. The van der Waals surface area contributed by atoms with Crippen molar-refractivity contribution in [3.63, 3.8) is 0 Å². The number of esters is 1. The van der Waals surface area contributed by atoms with Gasteiger partial charge in [-0.1, -0.05) is 32.9 Å². The number of hydrogen-bond acceptors (Lipinski definition) is 5. The molecule has 2 aromatic carbocycles. The molecule has 3 aromatic rings. The van der Waals surface area contributed by atoms with E-state index in [9.17, 15) is 9.59 Å². The Morgan fingerprint density at radius 2 is 1.84 bits per heavy atom. The van der Waals surface area contributed by atoms with Crippen molar-refractivity contribution in [2.75, 3.05) is 5.32 Å². The lowest BCUT2D eigenvalue weighted by molar-refractivity contribution is -0.131. The minimum Gasteiger partial charge on any atom is -0.489 e. The second kappa shape index (κ2) is 9.43. The van der Waals surface area contributed by atoms with Gasteiger partial charge in [0.1, 0.15) is 18.1 Å². The molecule has 1 heterocycles. The third-order valence-electron chi connectivity index (χ3n) is 4.52. The van der Waals surface area contributed by atoms with E-state index >= 15 is 0 Å². The van der Waals surface area contributed by atoms with Crippen LogP contribution in [-0.2, 0) is 16.8 Å². The Morgan fingerprint density at radius 1 is 1.03 bits per heavy atom. The number of amides is 1. The van der Waals surface area contributed by atoms with Gasteiger partial charge in [-0.05, 0) is 41.8 Å². The van der Waals surface area contributed by atoms with Crippen LogP contribution in [-0.4, -0.2) is 16.9 Å². The number of benzene rings is 2. The SMILES string of the molecule is CC(=O)Oc1ccc(C(=O)Nc2cccc(OCc3cccnc3)c2)cc1C(C)(C)C. The molecule has 6 nitrogen and oxygen atoms in total. The number of aromatic nitrogens is 1. The minimum atomic E-state index is -0.397. The van der Waals surface area contributed by atoms with Crippen LogP contribution in [0.5, 0.6) is 11.5 Å². The molecule has 1 N–H and O–H groups in total. The minimum absolute atomic E-state index is 0.260. The molecule has 6 heteroatoms. The number of hydrogen-bond donors (Lipinski definition) is 1. The van der Waals surface area contributed by atoms with Crippen molar-refractivity contribution in [2.45, 2.75) is 39.7 Å². The van der Waals surface area contributed by atoms with E-state index in [2.05, 4.69) is 10.3 Å². The molecular weight excluding hydrogens is 392 g/mol. The largest absolute Gasteiger partial charge is 0.489 e. The lowest BCUT2D eigenvalue weighted by Gasteiger charge is -2.22. The normalized spacial score (nSPS) is 11.0. The van der Waals surface area contributed by atoms with E-state index in [1.165, 1.54) is 6.92 Å².